The monoisotopic (exact) mass is 488 g/mol. The summed E-state index contributed by atoms with van der Waals surface area (Å²) in [5.74, 6) is 4.23. The van der Waals surface area contributed by atoms with Crippen molar-refractivity contribution in [3.8, 4) is 11.5 Å². The Morgan fingerprint density at radius 3 is 2.31 bits per heavy atom. The van der Waals surface area contributed by atoms with Gasteiger partial charge in [-0.3, -0.25) is 4.79 Å². The van der Waals surface area contributed by atoms with Gasteiger partial charge in [0.2, 0.25) is 0 Å². The molecule has 1 aliphatic heterocycles. The van der Waals surface area contributed by atoms with Crippen molar-refractivity contribution in [1.82, 2.24) is 4.90 Å². The van der Waals surface area contributed by atoms with Crippen molar-refractivity contribution in [3.05, 3.63) is 54.1 Å². The Labute approximate surface area is 215 Å². The summed E-state index contributed by atoms with van der Waals surface area (Å²) in [6.07, 6.45) is 10.9. The van der Waals surface area contributed by atoms with Gasteiger partial charge in [0.25, 0.3) is 5.91 Å². The molecule has 1 amide bonds. The molecule has 4 bridgehead atoms. The second-order valence-corrected chi connectivity index (χ2v) is 12.0. The number of ether oxygens (including phenoxy) is 2. The van der Waals surface area contributed by atoms with Crippen LogP contribution < -0.4 is 9.64 Å². The summed E-state index contributed by atoms with van der Waals surface area (Å²) in [4.78, 5) is 17.8. The predicted molar refractivity (Wildman–Crippen MR) is 143 cm³/mol. The van der Waals surface area contributed by atoms with Crippen LogP contribution in [-0.4, -0.2) is 50.7 Å². The SMILES string of the molecule is COC(CN(C)CCCCN1C(=O)c2ccccc2Oc2ccccc21)C12CC3CC(CC(C3)C1)C2. The van der Waals surface area contributed by atoms with Crippen molar-refractivity contribution in [1.29, 1.82) is 0 Å². The molecule has 0 spiro atoms. The Morgan fingerprint density at radius 2 is 1.61 bits per heavy atom. The number of fused-ring (bicyclic) bond motifs is 2. The summed E-state index contributed by atoms with van der Waals surface area (Å²) >= 11 is 0. The molecule has 0 N–H and O–H groups in total. The summed E-state index contributed by atoms with van der Waals surface area (Å²) in [7, 11) is 4.17. The van der Waals surface area contributed by atoms with Crippen molar-refractivity contribution in [2.24, 2.45) is 23.2 Å². The van der Waals surface area contributed by atoms with Crippen LogP contribution in [-0.2, 0) is 4.74 Å². The summed E-state index contributed by atoms with van der Waals surface area (Å²) in [6.45, 7) is 2.71. The van der Waals surface area contributed by atoms with Crippen LogP contribution in [0.4, 0.5) is 5.69 Å². The second-order valence-electron chi connectivity index (χ2n) is 12.0. The van der Waals surface area contributed by atoms with Gasteiger partial charge in [0, 0.05) is 20.2 Å². The van der Waals surface area contributed by atoms with E-state index in [-0.39, 0.29) is 5.91 Å². The van der Waals surface area contributed by atoms with Crippen molar-refractivity contribution in [2.75, 3.05) is 38.7 Å². The molecule has 5 heteroatoms. The number of likely N-dealkylation sites (N-methyl/N-ethyl adjacent to an activating group) is 1. The zero-order valence-corrected chi connectivity index (χ0v) is 21.8. The number of amides is 1. The van der Waals surface area contributed by atoms with Crippen molar-refractivity contribution in [3.63, 3.8) is 0 Å². The molecule has 1 atom stereocenters. The minimum absolute atomic E-state index is 0.0187. The van der Waals surface area contributed by atoms with Crippen LogP contribution in [0.5, 0.6) is 11.5 Å². The molecular formula is C31H40N2O3. The maximum absolute atomic E-state index is 13.4. The van der Waals surface area contributed by atoms with Crippen molar-refractivity contribution >= 4 is 11.6 Å². The minimum atomic E-state index is 0.0187. The van der Waals surface area contributed by atoms with Gasteiger partial charge in [-0.25, -0.2) is 0 Å². The standard InChI is InChI=1S/C31H40N2O3/c1-32(21-29(35-2)31-18-22-15-23(19-31)17-24(16-22)20-31)13-7-8-14-33-26-10-4-6-12-28(26)36-27-11-5-3-9-25(27)30(33)34/h3-6,9-12,22-24,29H,7-8,13-21H2,1-2H3. The first-order chi connectivity index (χ1) is 17.5. The molecule has 4 saturated carbocycles. The van der Waals surface area contributed by atoms with Crippen LogP contribution in [0.2, 0.25) is 0 Å². The molecule has 5 nitrogen and oxygen atoms in total. The van der Waals surface area contributed by atoms with Gasteiger partial charge in [-0.2, -0.15) is 0 Å². The highest BCUT2D eigenvalue weighted by Crippen LogP contribution is 2.61. The first-order valence-corrected chi connectivity index (χ1v) is 13.9. The third kappa shape index (κ3) is 4.45. The average Bonchev–Trinajstić information content (AvgIpc) is 2.98. The molecular weight excluding hydrogens is 448 g/mol. The molecule has 36 heavy (non-hydrogen) atoms. The zero-order valence-electron chi connectivity index (χ0n) is 21.8. The number of methoxy groups -OCH3 is 1. The number of carbonyl (C=O) groups is 1. The first-order valence-electron chi connectivity index (χ1n) is 13.9. The average molecular weight is 489 g/mol. The Bertz CT molecular complexity index is 1060. The number of benzene rings is 2. The van der Waals surface area contributed by atoms with E-state index in [0.717, 1.165) is 55.1 Å². The lowest BCUT2D eigenvalue weighted by atomic mass is 9.48. The fourth-order valence-corrected chi connectivity index (χ4v) is 8.21. The summed E-state index contributed by atoms with van der Waals surface area (Å²) in [5.41, 5.74) is 1.89. The number of carbonyl (C=O) groups excluding carboxylic acids is 1. The Kier molecular flexibility index (Phi) is 6.55. The Morgan fingerprint density at radius 1 is 0.972 bits per heavy atom. The quantitative estimate of drug-likeness (QED) is 0.384. The molecule has 5 aliphatic rings. The van der Waals surface area contributed by atoms with Crippen LogP contribution in [0.1, 0.15) is 61.7 Å². The Hall–Kier alpha value is -2.37. The molecule has 7 rings (SSSR count). The maximum Gasteiger partial charge on any atom is 0.262 e. The lowest BCUT2D eigenvalue weighted by Gasteiger charge is -2.59. The molecule has 4 aliphatic carbocycles. The number of hydrogen-bond acceptors (Lipinski definition) is 4. The first kappa shape index (κ1) is 24.0. The highest BCUT2D eigenvalue weighted by atomic mass is 16.5. The van der Waals surface area contributed by atoms with Gasteiger partial charge >= 0.3 is 0 Å². The van der Waals surface area contributed by atoms with Gasteiger partial charge in [0.1, 0.15) is 5.75 Å². The second kappa shape index (κ2) is 9.83. The number of hydrogen-bond donors (Lipinski definition) is 0. The zero-order chi connectivity index (χ0) is 24.7. The summed E-state index contributed by atoms with van der Waals surface area (Å²) in [6, 6.07) is 15.4. The molecule has 0 saturated heterocycles. The third-order valence-corrected chi connectivity index (χ3v) is 9.44. The third-order valence-electron chi connectivity index (χ3n) is 9.44. The molecule has 1 heterocycles. The van der Waals surface area contributed by atoms with E-state index in [1.54, 1.807) is 0 Å². The van der Waals surface area contributed by atoms with Gasteiger partial charge in [-0.05, 0) is 112 Å². The molecule has 192 valence electrons. The highest BCUT2D eigenvalue weighted by molar-refractivity contribution is 6.09. The van der Waals surface area contributed by atoms with Gasteiger partial charge in [-0.15, -0.1) is 0 Å². The summed E-state index contributed by atoms with van der Waals surface area (Å²) in [5, 5.41) is 0. The molecule has 2 aromatic rings. The molecule has 4 fully saturated rings. The van der Waals surface area contributed by atoms with E-state index < -0.39 is 0 Å². The number of para-hydroxylation sites is 3. The van der Waals surface area contributed by atoms with E-state index in [4.69, 9.17) is 9.47 Å². The van der Waals surface area contributed by atoms with E-state index in [9.17, 15) is 4.79 Å². The number of unbranched alkanes of at least 4 members (excludes halogenated alkanes) is 1. The van der Waals surface area contributed by atoms with E-state index >= 15 is 0 Å². The highest BCUT2D eigenvalue weighted by Gasteiger charge is 2.54. The van der Waals surface area contributed by atoms with Gasteiger partial charge in [0.05, 0.1) is 17.4 Å². The van der Waals surface area contributed by atoms with Crippen molar-refractivity contribution < 1.29 is 14.3 Å². The van der Waals surface area contributed by atoms with Crippen LogP contribution in [0.3, 0.4) is 0 Å². The Balaban J connectivity index is 1.06. The number of anilines is 1. The minimum Gasteiger partial charge on any atom is -0.454 e. The predicted octanol–water partition coefficient (Wildman–Crippen LogP) is 6.38. The maximum atomic E-state index is 13.4. The van der Waals surface area contributed by atoms with E-state index in [1.807, 2.05) is 60.5 Å². The van der Waals surface area contributed by atoms with Crippen LogP contribution in [0.25, 0.3) is 0 Å². The van der Waals surface area contributed by atoms with Crippen LogP contribution in [0.15, 0.2) is 48.5 Å². The van der Waals surface area contributed by atoms with Crippen LogP contribution >= 0.6 is 0 Å². The molecule has 0 radical (unpaired) electrons. The van der Waals surface area contributed by atoms with Gasteiger partial charge < -0.3 is 19.3 Å². The van der Waals surface area contributed by atoms with E-state index in [1.165, 1.54) is 38.5 Å². The fraction of sp³-hybridized carbons (Fsp3) is 0.581. The van der Waals surface area contributed by atoms with Crippen molar-refractivity contribution in [2.45, 2.75) is 57.5 Å². The summed E-state index contributed by atoms with van der Waals surface area (Å²) < 4.78 is 12.3. The number of nitrogens with zero attached hydrogens (tertiary/aromatic N) is 2. The smallest absolute Gasteiger partial charge is 0.262 e. The van der Waals surface area contributed by atoms with E-state index in [2.05, 4.69) is 11.9 Å². The topological polar surface area (TPSA) is 42.0 Å². The van der Waals surface area contributed by atoms with Gasteiger partial charge in [-0.1, -0.05) is 24.3 Å². The van der Waals surface area contributed by atoms with Crippen LogP contribution in [0, 0.1) is 23.2 Å². The van der Waals surface area contributed by atoms with E-state index in [0.29, 0.717) is 29.4 Å². The molecule has 0 aromatic heterocycles. The largest absolute Gasteiger partial charge is 0.454 e. The lowest BCUT2D eigenvalue weighted by Crippen LogP contribution is -2.54. The normalized spacial score (nSPS) is 29.0. The lowest BCUT2D eigenvalue weighted by molar-refractivity contribution is -0.137. The fourth-order valence-electron chi connectivity index (χ4n) is 8.21. The molecule has 2 aromatic carbocycles. The van der Waals surface area contributed by atoms with Gasteiger partial charge in [0.15, 0.2) is 5.75 Å². The number of rotatable bonds is 9. The molecule has 1 unspecified atom stereocenters.